The third-order valence-electron chi connectivity index (χ3n) is 2.81. The van der Waals surface area contributed by atoms with Gasteiger partial charge in [0.25, 0.3) is 0 Å². The van der Waals surface area contributed by atoms with Crippen LogP contribution in [0.2, 0.25) is 0 Å². The second-order valence-corrected chi connectivity index (χ2v) is 4.07. The van der Waals surface area contributed by atoms with Crippen LogP contribution >= 0.6 is 0 Å². The molecule has 0 fully saturated rings. The normalized spacial score (nSPS) is 11.0. The molecule has 0 bridgehead atoms. The number of nitrogens with two attached hydrogens (primary N) is 1. The fraction of sp³-hybridized carbons (Fsp3) is 0.154. The monoisotopic (exact) mass is 239 g/mol. The summed E-state index contributed by atoms with van der Waals surface area (Å²) < 4.78 is 0. The Morgan fingerprint density at radius 1 is 1.17 bits per heavy atom. The minimum atomic E-state index is 0.318. The third-order valence-corrected chi connectivity index (χ3v) is 2.81. The molecule has 0 unspecified atom stereocenters. The SMILES string of the molecule is Cc1nc(CN)nc(-c2c[nH]c3ccccc23)n1. The summed E-state index contributed by atoms with van der Waals surface area (Å²) in [4.78, 5) is 16.2. The van der Waals surface area contributed by atoms with Crippen LogP contribution in [0.1, 0.15) is 11.6 Å². The number of rotatable bonds is 2. The van der Waals surface area contributed by atoms with Gasteiger partial charge < -0.3 is 10.7 Å². The lowest BCUT2D eigenvalue weighted by molar-refractivity contribution is 0.852. The van der Waals surface area contributed by atoms with Crippen molar-refractivity contribution in [2.75, 3.05) is 0 Å². The molecule has 0 saturated heterocycles. The van der Waals surface area contributed by atoms with E-state index in [2.05, 4.69) is 19.9 Å². The molecular formula is C13H13N5. The molecule has 0 amide bonds. The van der Waals surface area contributed by atoms with Crippen molar-refractivity contribution in [2.45, 2.75) is 13.5 Å². The van der Waals surface area contributed by atoms with Gasteiger partial charge >= 0.3 is 0 Å². The van der Waals surface area contributed by atoms with E-state index in [1.807, 2.05) is 37.4 Å². The first-order valence-electron chi connectivity index (χ1n) is 5.76. The van der Waals surface area contributed by atoms with Crippen LogP contribution in [0.3, 0.4) is 0 Å². The number of hydrogen-bond acceptors (Lipinski definition) is 4. The molecule has 5 heteroatoms. The Morgan fingerprint density at radius 3 is 2.83 bits per heavy atom. The number of H-pyrrole nitrogens is 1. The van der Waals surface area contributed by atoms with Crippen molar-refractivity contribution in [3.63, 3.8) is 0 Å². The van der Waals surface area contributed by atoms with E-state index in [9.17, 15) is 0 Å². The van der Waals surface area contributed by atoms with Gasteiger partial charge in [-0.1, -0.05) is 18.2 Å². The highest BCUT2D eigenvalue weighted by Gasteiger charge is 2.10. The first-order chi connectivity index (χ1) is 8.78. The van der Waals surface area contributed by atoms with Gasteiger partial charge in [-0.25, -0.2) is 15.0 Å². The Morgan fingerprint density at radius 2 is 2.00 bits per heavy atom. The zero-order chi connectivity index (χ0) is 12.5. The van der Waals surface area contributed by atoms with Gasteiger partial charge in [-0.3, -0.25) is 0 Å². The van der Waals surface area contributed by atoms with Crippen LogP contribution in [0, 0.1) is 6.92 Å². The molecule has 0 aliphatic heterocycles. The van der Waals surface area contributed by atoms with E-state index in [0.717, 1.165) is 16.5 Å². The summed E-state index contributed by atoms with van der Waals surface area (Å²) in [6, 6.07) is 8.06. The molecule has 0 aliphatic rings. The number of fused-ring (bicyclic) bond motifs is 1. The number of nitrogens with one attached hydrogen (secondary N) is 1. The highest BCUT2D eigenvalue weighted by Crippen LogP contribution is 2.25. The van der Waals surface area contributed by atoms with Crippen molar-refractivity contribution in [1.29, 1.82) is 0 Å². The van der Waals surface area contributed by atoms with E-state index in [0.29, 0.717) is 24.0 Å². The molecule has 0 radical (unpaired) electrons. The average Bonchev–Trinajstić information content (AvgIpc) is 2.81. The van der Waals surface area contributed by atoms with Crippen molar-refractivity contribution < 1.29 is 0 Å². The Balaban J connectivity index is 2.22. The Kier molecular flexibility index (Phi) is 2.53. The van der Waals surface area contributed by atoms with Gasteiger partial charge in [0.15, 0.2) is 5.82 Å². The fourth-order valence-electron chi connectivity index (χ4n) is 2.01. The Labute approximate surface area is 104 Å². The number of benzene rings is 1. The standard InChI is InChI=1S/C13H13N5/c1-8-16-12(6-14)18-13(17-8)10-7-15-11-5-3-2-4-9(10)11/h2-5,7,15H,6,14H2,1H3. The van der Waals surface area contributed by atoms with E-state index in [1.165, 1.54) is 0 Å². The molecule has 3 N–H and O–H groups in total. The van der Waals surface area contributed by atoms with Gasteiger partial charge in [-0.2, -0.15) is 0 Å². The van der Waals surface area contributed by atoms with E-state index < -0.39 is 0 Å². The highest BCUT2D eigenvalue weighted by molar-refractivity contribution is 5.93. The number of nitrogens with zero attached hydrogens (tertiary/aromatic N) is 3. The lowest BCUT2D eigenvalue weighted by atomic mass is 10.1. The predicted octanol–water partition coefficient (Wildman–Crippen LogP) is 1.79. The molecule has 0 spiro atoms. The molecule has 0 aliphatic carbocycles. The quantitative estimate of drug-likeness (QED) is 0.714. The lowest BCUT2D eigenvalue weighted by Crippen LogP contribution is -2.07. The molecule has 2 aromatic heterocycles. The zero-order valence-corrected chi connectivity index (χ0v) is 10.0. The van der Waals surface area contributed by atoms with Crippen LogP contribution in [0.4, 0.5) is 0 Å². The minimum absolute atomic E-state index is 0.318. The molecule has 1 aromatic carbocycles. The van der Waals surface area contributed by atoms with Crippen LogP contribution in [0.15, 0.2) is 30.5 Å². The molecule has 18 heavy (non-hydrogen) atoms. The number of aromatic nitrogens is 4. The Bertz CT molecular complexity index is 701. The van der Waals surface area contributed by atoms with Crippen LogP contribution in [-0.4, -0.2) is 19.9 Å². The molecule has 90 valence electrons. The summed E-state index contributed by atoms with van der Waals surface area (Å²) in [5.74, 6) is 1.97. The van der Waals surface area contributed by atoms with E-state index in [4.69, 9.17) is 5.73 Å². The molecule has 5 nitrogen and oxygen atoms in total. The maximum absolute atomic E-state index is 5.59. The summed E-state index contributed by atoms with van der Waals surface area (Å²) in [6.07, 6.45) is 1.92. The number of para-hydroxylation sites is 1. The maximum Gasteiger partial charge on any atom is 0.165 e. The number of hydrogen-bond donors (Lipinski definition) is 2. The minimum Gasteiger partial charge on any atom is -0.360 e. The summed E-state index contributed by atoms with van der Waals surface area (Å²) in [7, 11) is 0. The second-order valence-electron chi connectivity index (χ2n) is 4.07. The number of aryl methyl sites for hydroxylation is 1. The maximum atomic E-state index is 5.59. The lowest BCUT2D eigenvalue weighted by Gasteiger charge is -2.02. The first kappa shape index (κ1) is 10.9. The summed E-state index contributed by atoms with van der Waals surface area (Å²) in [6.45, 7) is 2.16. The average molecular weight is 239 g/mol. The van der Waals surface area contributed by atoms with Crippen molar-refractivity contribution in [1.82, 2.24) is 19.9 Å². The second kappa shape index (κ2) is 4.19. The van der Waals surface area contributed by atoms with Gasteiger partial charge in [0, 0.05) is 22.7 Å². The first-order valence-corrected chi connectivity index (χ1v) is 5.76. The molecular weight excluding hydrogens is 226 g/mol. The summed E-state index contributed by atoms with van der Waals surface area (Å²) in [5.41, 5.74) is 7.64. The number of aromatic amines is 1. The fourth-order valence-corrected chi connectivity index (χ4v) is 2.01. The van der Waals surface area contributed by atoms with Crippen LogP contribution in [0.5, 0.6) is 0 Å². The van der Waals surface area contributed by atoms with Gasteiger partial charge in [0.05, 0.1) is 6.54 Å². The van der Waals surface area contributed by atoms with Crippen molar-refractivity contribution in [2.24, 2.45) is 5.73 Å². The smallest absolute Gasteiger partial charge is 0.165 e. The van der Waals surface area contributed by atoms with Crippen molar-refractivity contribution >= 4 is 10.9 Å². The molecule has 0 atom stereocenters. The van der Waals surface area contributed by atoms with Gasteiger partial charge in [-0.05, 0) is 13.0 Å². The van der Waals surface area contributed by atoms with Crippen molar-refractivity contribution in [3.05, 3.63) is 42.1 Å². The van der Waals surface area contributed by atoms with E-state index >= 15 is 0 Å². The van der Waals surface area contributed by atoms with Crippen molar-refractivity contribution in [3.8, 4) is 11.4 Å². The topological polar surface area (TPSA) is 80.5 Å². The van der Waals surface area contributed by atoms with Crippen LogP contribution < -0.4 is 5.73 Å². The summed E-state index contributed by atoms with van der Waals surface area (Å²) in [5, 5.41) is 1.10. The molecule has 3 rings (SSSR count). The summed E-state index contributed by atoms with van der Waals surface area (Å²) >= 11 is 0. The van der Waals surface area contributed by atoms with Crippen LogP contribution in [0.25, 0.3) is 22.3 Å². The van der Waals surface area contributed by atoms with Gasteiger partial charge in [0.1, 0.15) is 11.6 Å². The predicted molar refractivity (Wildman–Crippen MR) is 69.7 cm³/mol. The molecule has 3 aromatic rings. The molecule has 0 saturated carbocycles. The van der Waals surface area contributed by atoms with Crippen LogP contribution in [-0.2, 0) is 6.54 Å². The third kappa shape index (κ3) is 1.74. The Hall–Kier alpha value is -2.27. The largest absolute Gasteiger partial charge is 0.360 e. The van der Waals surface area contributed by atoms with E-state index in [1.54, 1.807) is 0 Å². The van der Waals surface area contributed by atoms with E-state index in [-0.39, 0.29) is 0 Å². The molecule has 2 heterocycles. The highest BCUT2D eigenvalue weighted by atomic mass is 15.0. The van der Waals surface area contributed by atoms with Gasteiger partial charge in [-0.15, -0.1) is 0 Å². The van der Waals surface area contributed by atoms with Gasteiger partial charge in [0.2, 0.25) is 0 Å². The zero-order valence-electron chi connectivity index (χ0n) is 10.0.